The molecule has 1 aliphatic rings. The summed E-state index contributed by atoms with van der Waals surface area (Å²) in [6.45, 7) is 0. The zero-order valence-corrected chi connectivity index (χ0v) is 18.4. The maximum atomic E-state index is 13.8. The highest BCUT2D eigenvalue weighted by molar-refractivity contribution is 6.31. The smallest absolute Gasteiger partial charge is 0.253 e. The van der Waals surface area contributed by atoms with Gasteiger partial charge in [-0.15, -0.1) is 0 Å². The second-order valence-corrected chi connectivity index (χ2v) is 7.91. The van der Waals surface area contributed by atoms with E-state index in [-0.39, 0.29) is 16.9 Å². The van der Waals surface area contributed by atoms with Crippen LogP contribution in [0, 0.1) is 0 Å². The predicted molar refractivity (Wildman–Crippen MR) is 129 cm³/mol. The van der Waals surface area contributed by atoms with Crippen molar-refractivity contribution in [3.05, 3.63) is 94.3 Å². The second kappa shape index (κ2) is 8.69. The van der Waals surface area contributed by atoms with Crippen LogP contribution >= 0.6 is 11.6 Å². The minimum Gasteiger partial charge on any atom is -0.365 e. The highest BCUT2D eigenvalue weighted by atomic mass is 35.5. The van der Waals surface area contributed by atoms with Gasteiger partial charge >= 0.3 is 0 Å². The number of nitrogens with one attached hydrogen (secondary N) is 1. The molecule has 7 heteroatoms. The van der Waals surface area contributed by atoms with Gasteiger partial charge in [0.25, 0.3) is 5.91 Å². The zero-order valence-electron chi connectivity index (χ0n) is 17.6. The lowest BCUT2D eigenvalue weighted by Crippen LogP contribution is -2.23. The van der Waals surface area contributed by atoms with Crippen molar-refractivity contribution in [1.29, 1.82) is 0 Å². The number of carbonyl (C=O) groups is 2. The first-order valence-electron chi connectivity index (χ1n) is 9.92. The summed E-state index contributed by atoms with van der Waals surface area (Å²) in [5, 5.41) is 3.65. The molecule has 0 saturated heterocycles. The van der Waals surface area contributed by atoms with Crippen LogP contribution in [-0.2, 0) is 0 Å². The Bertz CT molecular complexity index is 1300. The van der Waals surface area contributed by atoms with E-state index in [0.29, 0.717) is 27.5 Å². The highest BCUT2D eigenvalue weighted by Gasteiger charge is 2.27. The van der Waals surface area contributed by atoms with Gasteiger partial charge in [-0.2, -0.15) is 0 Å². The highest BCUT2D eigenvalue weighted by Crippen LogP contribution is 2.36. The van der Waals surface area contributed by atoms with Crippen molar-refractivity contribution in [2.24, 2.45) is 5.73 Å². The molecule has 4 rings (SSSR count). The van der Waals surface area contributed by atoms with Gasteiger partial charge in [-0.05, 0) is 29.8 Å². The summed E-state index contributed by atoms with van der Waals surface area (Å²) in [5.41, 5.74) is 9.27. The number of hydrogen-bond donors (Lipinski definition) is 2. The fraction of sp³-hybridized carbons (Fsp3) is 0.0800. The van der Waals surface area contributed by atoms with Crippen LogP contribution in [0.25, 0.3) is 17.2 Å². The first-order chi connectivity index (χ1) is 15.4. The van der Waals surface area contributed by atoms with E-state index in [2.05, 4.69) is 10.3 Å². The van der Waals surface area contributed by atoms with E-state index in [1.165, 1.54) is 6.20 Å². The van der Waals surface area contributed by atoms with E-state index >= 15 is 0 Å². The first kappa shape index (κ1) is 21.3. The van der Waals surface area contributed by atoms with Crippen LogP contribution in [0.5, 0.6) is 0 Å². The number of nitrogens with two attached hydrogens (primary N) is 1. The molecule has 0 aliphatic carbocycles. The van der Waals surface area contributed by atoms with E-state index < -0.39 is 5.91 Å². The van der Waals surface area contributed by atoms with Crippen molar-refractivity contribution in [3.63, 3.8) is 0 Å². The van der Waals surface area contributed by atoms with Gasteiger partial charge in [0, 0.05) is 59.5 Å². The minimum absolute atomic E-state index is 0.167. The van der Waals surface area contributed by atoms with Gasteiger partial charge in [-0.3, -0.25) is 9.59 Å². The number of halogens is 1. The maximum absolute atomic E-state index is 13.8. The van der Waals surface area contributed by atoms with Crippen LogP contribution in [0.1, 0.15) is 31.8 Å². The second-order valence-electron chi connectivity index (χ2n) is 7.47. The van der Waals surface area contributed by atoms with Gasteiger partial charge in [0.05, 0.1) is 5.56 Å². The predicted octanol–water partition coefficient (Wildman–Crippen LogP) is 4.75. The number of aromatic nitrogens is 1. The van der Waals surface area contributed by atoms with E-state index in [0.717, 1.165) is 11.3 Å². The van der Waals surface area contributed by atoms with E-state index in [4.69, 9.17) is 17.3 Å². The number of fused-ring (bicyclic) bond motifs is 1. The number of primary amides is 1. The van der Waals surface area contributed by atoms with Crippen molar-refractivity contribution < 1.29 is 9.59 Å². The zero-order chi connectivity index (χ0) is 22.8. The summed E-state index contributed by atoms with van der Waals surface area (Å²) in [7, 11) is 3.52. The molecular formula is C25H21ClN4O2. The summed E-state index contributed by atoms with van der Waals surface area (Å²) in [4.78, 5) is 32.5. The standard InChI is InChI=1S/C25H21ClN4O2/c1-30(2)25-22(24(27)32)21(15-7-5-8-16(26)13-15)19(14-29-25)23(31)18-10-6-11-20-17(18)9-3-4-12-28-20/h3-14,28H,1-2H3,(H2,27,32). The number of amides is 1. The summed E-state index contributed by atoms with van der Waals surface area (Å²) < 4.78 is 0. The number of nitrogens with zero attached hydrogens (tertiary/aromatic N) is 2. The van der Waals surface area contributed by atoms with Gasteiger partial charge < -0.3 is 16.0 Å². The van der Waals surface area contributed by atoms with Crippen LogP contribution in [0.3, 0.4) is 0 Å². The Labute approximate surface area is 191 Å². The molecule has 0 fully saturated rings. The molecular weight excluding hydrogens is 424 g/mol. The number of allylic oxidation sites excluding steroid dienone is 2. The molecule has 0 spiro atoms. The van der Waals surface area contributed by atoms with Crippen molar-refractivity contribution in [2.45, 2.75) is 0 Å². The van der Waals surface area contributed by atoms with Gasteiger partial charge in [0.1, 0.15) is 5.82 Å². The molecule has 1 aliphatic heterocycles. The summed E-state index contributed by atoms with van der Waals surface area (Å²) in [5.74, 6) is -0.573. The van der Waals surface area contributed by atoms with Gasteiger partial charge in [0.15, 0.2) is 5.78 Å². The molecule has 2 heterocycles. The number of anilines is 2. The fourth-order valence-electron chi connectivity index (χ4n) is 3.75. The Kier molecular flexibility index (Phi) is 5.79. The van der Waals surface area contributed by atoms with E-state index in [1.54, 1.807) is 55.5 Å². The summed E-state index contributed by atoms with van der Waals surface area (Å²) in [6.07, 6.45) is 8.87. The largest absolute Gasteiger partial charge is 0.365 e. The summed E-state index contributed by atoms with van der Waals surface area (Å²) >= 11 is 6.24. The van der Waals surface area contributed by atoms with Gasteiger partial charge in [-0.25, -0.2) is 4.98 Å². The Morgan fingerprint density at radius 1 is 1.06 bits per heavy atom. The van der Waals surface area contributed by atoms with E-state index in [9.17, 15) is 9.59 Å². The molecule has 160 valence electrons. The average molecular weight is 445 g/mol. The summed E-state index contributed by atoms with van der Waals surface area (Å²) in [6, 6.07) is 12.4. The topological polar surface area (TPSA) is 88.3 Å². The Balaban J connectivity index is 2.01. The van der Waals surface area contributed by atoms with Gasteiger partial charge in [-0.1, -0.05) is 48.0 Å². The van der Waals surface area contributed by atoms with Crippen LogP contribution in [0.15, 0.2) is 67.0 Å². The Morgan fingerprint density at radius 3 is 2.56 bits per heavy atom. The third kappa shape index (κ3) is 3.88. The van der Waals surface area contributed by atoms with Crippen LogP contribution in [0.4, 0.5) is 11.5 Å². The molecule has 1 aromatic heterocycles. The van der Waals surface area contributed by atoms with Crippen molar-refractivity contribution in [3.8, 4) is 11.1 Å². The third-order valence-electron chi connectivity index (χ3n) is 5.15. The lowest BCUT2D eigenvalue weighted by Gasteiger charge is -2.21. The lowest BCUT2D eigenvalue weighted by atomic mass is 9.89. The number of hydrogen-bond acceptors (Lipinski definition) is 5. The molecule has 0 saturated carbocycles. The molecule has 0 atom stereocenters. The third-order valence-corrected chi connectivity index (χ3v) is 5.38. The van der Waals surface area contributed by atoms with E-state index in [1.807, 2.05) is 30.4 Å². The van der Waals surface area contributed by atoms with Crippen molar-refractivity contribution in [1.82, 2.24) is 4.98 Å². The molecule has 3 aromatic rings. The molecule has 32 heavy (non-hydrogen) atoms. The monoisotopic (exact) mass is 444 g/mol. The van der Waals surface area contributed by atoms with Crippen LogP contribution < -0.4 is 16.0 Å². The lowest BCUT2D eigenvalue weighted by molar-refractivity contribution is 0.100. The molecule has 0 unspecified atom stereocenters. The normalized spacial score (nSPS) is 12.0. The molecule has 0 bridgehead atoms. The van der Waals surface area contributed by atoms with Crippen molar-refractivity contribution >= 4 is 40.9 Å². The fourth-order valence-corrected chi connectivity index (χ4v) is 3.94. The average Bonchev–Trinajstić information content (AvgIpc) is 3.03. The Morgan fingerprint density at radius 2 is 1.84 bits per heavy atom. The maximum Gasteiger partial charge on any atom is 0.253 e. The van der Waals surface area contributed by atoms with Gasteiger partial charge in [0.2, 0.25) is 0 Å². The number of benzene rings is 2. The van der Waals surface area contributed by atoms with Crippen LogP contribution in [0.2, 0.25) is 5.02 Å². The number of carbonyl (C=O) groups excluding carboxylic acids is 2. The van der Waals surface area contributed by atoms with Crippen molar-refractivity contribution in [2.75, 3.05) is 24.3 Å². The SMILES string of the molecule is CN(C)c1ncc(C(=O)c2cccc3c2C=CC=CN3)c(-c2cccc(Cl)c2)c1C(N)=O. The first-order valence-corrected chi connectivity index (χ1v) is 10.3. The quantitative estimate of drug-likeness (QED) is 0.554. The van der Waals surface area contributed by atoms with Crippen LogP contribution in [-0.4, -0.2) is 30.8 Å². The minimum atomic E-state index is -0.677. The molecule has 6 nitrogen and oxygen atoms in total. The number of pyridine rings is 1. The number of ketones is 1. The molecule has 1 amide bonds. The Hall–Kier alpha value is -3.90. The molecule has 0 radical (unpaired) electrons. The number of rotatable bonds is 5. The molecule has 3 N–H and O–H groups in total. The molecule has 2 aromatic carbocycles.